The highest BCUT2D eigenvalue weighted by Crippen LogP contribution is 2.20. The molecule has 0 spiro atoms. The third-order valence-electron chi connectivity index (χ3n) is 5.88. The van der Waals surface area contributed by atoms with Gasteiger partial charge < -0.3 is 10.6 Å². The van der Waals surface area contributed by atoms with Gasteiger partial charge in [0, 0.05) is 18.7 Å². The number of urea groups is 1. The standard InChI is InChI=1S/C24H25N5O4.C3H6.2C2H6/c1-13-4-6-17(10-14(13)2)27-24(33)25-12-16-5-7-19-18(11-16)23(32)29(15(3)26-19)20-8-9-21(30)28-22(20)31;1-3-2;2*1-2/h4-7,10-11,20H,8-9,12H2,1-3H3,(H2,25,27,33)(H,28,30,31);3H,1H2,2H3;2*1-2H3/t20-;;;/m0.../s1. The van der Waals surface area contributed by atoms with Gasteiger partial charge in [0.15, 0.2) is 0 Å². The van der Waals surface area contributed by atoms with Gasteiger partial charge in [-0.25, -0.2) is 9.78 Å². The van der Waals surface area contributed by atoms with Gasteiger partial charge in [0.1, 0.15) is 11.9 Å². The molecule has 0 bridgehead atoms. The van der Waals surface area contributed by atoms with Crippen LogP contribution in [0.5, 0.6) is 0 Å². The minimum absolute atomic E-state index is 0.167. The molecule has 2 heterocycles. The van der Waals surface area contributed by atoms with Crippen LogP contribution in [-0.4, -0.2) is 27.4 Å². The number of anilines is 1. The number of carbonyl (C=O) groups excluding carboxylic acids is 3. The number of nitrogens with zero attached hydrogens (tertiary/aromatic N) is 2. The summed E-state index contributed by atoms with van der Waals surface area (Å²) >= 11 is 0. The number of carbonyl (C=O) groups is 3. The number of piperidine rings is 1. The van der Waals surface area contributed by atoms with Crippen LogP contribution < -0.4 is 21.5 Å². The van der Waals surface area contributed by atoms with Crippen molar-refractivity contribution in [2.75, 3.05) is 5.32 Å². The van der Waals surface area contributed by atoms with Gasteiger partial charge in [0.2, 0.25) is 11.8 Å². The van der Waals surface area contributed by atoms with E-state index in [2.05, 4.69) is 27.5 Å². The second kappa shape index (κ2) is 16.6. The fraction of sp³-hybridized carbons (Fsp3) is 0.387. The molecule has 4 rings (SSSR count). The SMILES string of the molecule is C=CC.CC.CC.Cc1ccc(NC(=O)NCc2ccc3nc(C)n([C@H]4CCC(=O)NC4=O)c(=O)c3c2)cc1C. The molecule has 0 aliphatic carbocycles. The van der Waals surface area contributed by atoms with Crippen molar-refractivity contribution >= 4 is 34.4 Å². The molecular formula is C31H43N5O4. The first-order valence-electron chi connectivity index (χ1n) is 13.7. The van der Waals surface area contributed by atoms with E-state index in [0.29, 0.717) is 22.4 Å². The fourth-order valence-corrected chi connectivity index (χ4v) is 3.94. The summed E-state index contributed by atoms with van der Waals surface area (Å²) in [5, 5.41) is 8.21. The zero-order valence-corrected chi connectivity index (χ0v) is 25.0. The number of imide groups is 1. The van der Waals surface area contributed by atoms with Crippen LogP contribution in [0, 0.1) is 20.8 Å². The molecule has 2 aromatic carbocycles. The molecule has 1 aliphatic heterocycles. The van der Waals surface area contributed by atoms with Crippen molar-refractivity contribution in [2.45, 2.75) is 80.8 Å². The second-order valence-electron chi connectivity index (χ2n) is 8.67. The minimum Gasteiger partial charge on any atom is -0.334 e. The van der Waals surface area contributed by atoms with Crippen LogP contribution in [0.2, 0.25) is 0 Å². The van der Waals surface area contributed by atoms with E-state index in [0.717, 1.165) is 16.7 Å². The third kappa shape index (κ3) is 8.90. The van der Waals surface area contributed by atoms with E-state index in [-0.39, 0.29) is 36.9 Å². The smallest absolute Gasteiger partial charge is 0.319 e. The highest BCUT2D eigenvalue weighted by atomic mass is 16.2. The summed E-state index contributed by atoms with van der Waals surface area (Å²) in [6.45, 7) is 19.1. The predicted molar refractivity (Wildman–Crippen MR) is 163 cm³/mol. The van der Waals surface area contributed by atoms with Crippen LogP contribution in [0.3, 0.4) is 0 Å². The number of rotatable bonds is 4. The first-order valence-corrected chi connectivity index (χ1v) is 13.7. The van der Waals surface area contributed by atoms with Crippen molar-refractivity contribution in [3.8, 4) is 0 Å². The average molecular weight is 550 g/mol. The number of allylic oxidation sites excluding steroid dienone is 1. The molecule has 0 radical (unpaired) electrons. The Hall–Kier alpha value is -4.27. The Labute approximate surface area is 237 Å². The van der Waals surface area contributed by atoms with Crippen molar-refractivity contribution in [3.05, 3.63) is 81.9 Å². The van der Waals surface area contributed by atoms with Gasteiger partial charge in [-0.2, -0.15) is 0 Å². The quantitative estimate of drug-likeness (QED) is 0.278. The van der Waals surface area contributed by atoms with Crippen molar-refractivity contribution in [3.63, 3.8) is 0 Å². The number of hydrogen-bond donors (Lipinski definition) is 3. The highest BCUT2D eigenvalue weighted by molar-refractivity contribution is 5.99. The van der Waals surface area contributed by atoms with Crippen LogP contribution in [0.4, 0.5) is 10.5 Å². The van der Waals surface area contributed by atoms with Gasteiger partial charge in [-0.05, 0) is 75.1 Å². The molecule has 1 aromatic heterocycles. The summed E-state index contributed by atoms with van der Waals surface area (Å²) in [7, 11) is 0. The Morgan fingerprint density at radius 1 is 1.05 bits per heavy atom. The van der Waals surface area contributed by atoms with Crippen LogP contribution in [0.15, 0.2) is 53.8 Å². The zero-order valence-electron chi connectivity index (χ0n) is 25.0. The molecule has 1 saturated heterocycles. The Morgan fingerprint density at radius 2 is 1.70 bits per heavy atom. The lowest BCUT2D eigenvalue weighted by molar-refractivity contribution is -0.135. The molecule has 216 valence electrons. The van der Waals surface area contributed by atoms with Crippen LogP contribution >= 0.6 is 0 Å². The molecule has 3 N–H and O–H groups in total. The Balaban J connectivity index is 0.00000105. The lowest BCUT2D eigenvalue weighted by Gasteiger charge is -2.24. The number of aromatic nitrogens is 2. The predicted octanol–water partition coefficient (Wildman–Crippen LogP) is 5.87. The third-order valence-corrected chi connectivity index (χ3v) is 5.88. The maximum atomic E-state index is 13.2. The molecule has 4 amide bonds. The van der Waals surface area contributed by atoms with E-state index in [9.17, 15) is 19.2 Å². The largest absolute Gasteiger partial charge is 0.334 e. The normalized spacial score (nSPS) is 13.8. The van der Waals surface area contributed by atoms with Gasteiger partial charge in [0.25, 0.3) is 5.56 Å². The number of fused-ring (bicyclic) bond motifs is 1. The first-order chi connectivity index (χ1) is 19.1. The topological polar surface area (TPSA) is 122 Å². The summed E-state index contributed by atoms with van der Waals surface area (Å²) in [6, 6.07) is 9.72. The summed E-state index contributed by atoms with van der Waals surface area (Å²) in [5.74, 6) is -0.442. The lowest BCUT2D eigenvalue weighted by atomic mass is 10.0. The van der Waals surface area contributed by atoms with E-state index in [1.54, 1.807) is 31.2 Å². The number of aryl methyl sites for hydroxylation is 3. The molecule has 40 heavy (non-hydrogen) atoms. The number of benzene rings is 2. The van der Waals surface area contributed by atoms with E-state index >= 15 is 0 Å². The second-order valence-corrected chi connectivity index (χ2v) is 8.67. The zero-order chi connectivity index (χ0) is 30.4. The van der Waals surface area contributed by atoms with Crippen molar-refractivity contribution in [1.82, 2.24) is 20.2 Å². The van der Waals surface area contributed by atoms with Crippen molar-refractivity contribution < 1.29 is 14.4 Å². The summed E-state index contributed by atoms with van der Waals surface area (Å²) in [4.78, 5) is 53.8. The van der Waals surface area contributed by atoms with E-state index in [1.165, 1.54) is 4.57 Å². The molecule has 1 fully saturated rings. The van der Waals surface area contributed by atoms with Crippen LogP contribution in [-0.2, 0) is 16.1 Å². The van der Waals surface area contributed by atoms with E-state index in [1.807, 2.05) is 66.7 Å². The molecule has 9 nitrogen and oxygen atoms in total. The monoisotopic (exact) mass is 549 g/mol. The van der Waals surface area contributed by atoms with Gasteiger partial charge in [-0.15, -0.1) is 6.58 Å². The van der Waals surface area contributed by atoms with Crippen molar-refractivity contribution in [2.24, 2.45) is 0 Å². The molecular weight excluding hydrogens is 506 g/mol. The van der Waals surface area contributed by atoms with Gasteiger partial charge in [0.05, 0.1) is 10.9 Å². The van der Waals surface area contributed by atoms with Gasteiger partial charge in [-0.3, -0.25) is 24.3 Å². The lowest BCUT2D eigenvalue weighted by Crippen LogP contribution is -2.45. The van der Waals surface area contributed by atoms with Crippen LogP contribution in [0.25, 0.3) is 10.9 Å². The molecule has 0 unspecified atom stereocenters. The maximum Gasteiger partial charge on any atom is 0.319 e. The van der Waals surface area contributed by atoms with Gasteiger partial charge >= 0.3 is 6.03 Å². The molecule has 9 heteroatoms. The maximum absolute atomic E-state index is 13.2. The van der Waals surface area contributed by atoms with E-state index < -0.39 is 11.9 Å². The molecule has 1 aliphatic rings. The summed E-state index contributed by atoms with van der Waals surface area (Å²) in [5.41, 5.74) is 3.79. The first kappa shape index (κ1) is 33.8. The average Bonchev–Trinajstić information content (AvgIpc) is 2.93. The number of hydrogen-bond acceptors (Lipinski definition) is 5. The number of nitrogens with one attached hydrogen (secondary N) is 3. The molecule has 1 atom stereocenters. The summed E-state index contributed by atoms with van der Waals surface area (Å²) < 4.78 is 1.34. The fourth-order valence-electron chi connectivity index (χ4n) is 3.94. The van der Waals surface area contributed by atoms with Crippen LogP contribution in [0.1, 0.15) is 76.0 Å². The Morgan fingerprint density at radius 3 is 2.30 bits per heavy atom. The van der Waals surface area contributed by atoms with Gasteiger partial charge in [-0.1, -0.05) is 45.9 Å². The van der Waals surface area contributed by atoms with Crippen molar-refractivity contribution in [1.29, 1.82) is 0 Å². The molecule has 3 aromatic rings. The Kier molecular flexibility index (Phi) is 14.0. The molecule has 0 saturated carbocycles. The van der Waals surface area contributed by atoms with E-state index in [4.69, 9.17) is 0 Å². The minimum atomic E-state index is -0.780. The number of amides is 4. The highest BCUT2D eigenvalue weighted by Gasteiger charge is 2.30. The summed E-state index contributed by atoms with van der Waals surface area (Å²) in [6.07, 6.45) is 2.17. The Bertz CT molecular complexity index is 1390.